The summed E-state index contributed by atoms with van der Waals surface area (Å²) in [5.74, 6) is 0. The second-order valence-electron chi connectivity index (χ2n) is 4.29. The minimum absolute atomic E-state index is 0.429. The van der Waals surface area contributed by atoms with Gasteiger partial charge in [0.25, 0.3) is 0 Å². The summed E-state index contributed by atoms with van der Waals surface area (Å²) in [6, 6.07) is 8.12. The molecular formula is C13H15NO. The molecule has 2 nitrogen and oxygen atoms in total. The van der Waals surface area contributed by atoms with Crippen LogP contribution in [0.2, 0.25) is 0 Å². The van der Waals surface area contributed by atoms with Crippen molar-refractivity contribution in [3.8, 4) is 0 Å². The monoisotopic (exact) mass is 201 g/mol. The highest BCUT2D eigenvalue weighted by Gasteiger charge is 2.27. The molecule has 2 heteroatoms. The van der Waals surface area contributed by atoms with Crippen LogP contribution in [-0.2, 0) is 0 Å². The Morgan fingerprint density at radius 1 is 1.20 bits per heavy atom. The highest BCUT2D eigenvalue weighted by molar-refractivity contribution is 5.59. The van der Waals surface area contributed by atoms with Crippen LogP contribution >= 0.6 is 0 Å². The van der Waals surface area contributed by atoms with Gasteiger partial charge in [-0.2, -0.15) is 0 Å². The van der Waals surface area contributed by atoms with Crippen LogP contribution in [0.25, 0.3) is 6.08 Å². The van der Waals surface area contributed by atoms with Crippen molar-refractivity contribution in [2.45, 2.75) is 25.5 Å². The first-order valence-corrected chi connectivity index (χ1v) is 5.60. The van der Waals surface area contributed by atoms with Gasteiger partial charge in [0.1, 0.15) is 0 Å². The fourth-order valence-corrected chi connectivity index (χ4v) is 2.53. The maximum absolute atomic E-state index is 10.2. The van der Waals surface area contributed by atoms with Crippen LogP contribution in [-0.4, -0.2) is 16.6 Å². The molecule has 0 radical (unpaired) electrons. The van der Waals surface area contributed by atoms with E-state index in [1.54, 1.807) is 0 Å². The molecule has 3 rings (SSSR count). The number of aliphatic hydroxyl groups excluding tert-OH is 1. The summed E-state index contributed by atoms with van der Waals surface area (Å²) in [5, 5.41) is 10.2. The zero-order valence-corrected chi connectivity index (χ0v) is 8.69. The molecule has 1 N–H and O–H groups in total. The largest absolute Gasteiger partial charge is 0.369 e. The van der Waals surface area contributed by atoms with E-state index in [1.807, 2.05) is 18.2 Å². The van der Waals surface area contributed by atoms with Gasteiger partial charge in [-0.3, -0.25) is 0 Å². The number of hydrogen-bond acceptors (Lipinski definition) is 2. The standard InChI is InChI=1S/C13H15NO/c15-13-12-7-2-1-5-10(12)9-11-6-3-4-8-14(11)13/h1-2,5,7,9,13,15H,3-4,6,8H2. The van der Waals surface area contributed by atoms with E-state index in [1.165, 1.54) is 24.1 Å². The van der Waals surface area contributed by atoms with Crippen LogP contribution in [0.1, 0.15) is 36.6 Å². The Labute approximate surface area is 89.8 Å². The van der Waals surface area contributed by atoms with E-state index in [9.17, 15) is 5.11 Å². The average molecular weight is 201 g/mol. The van der Waals surface area contributed by atoms with Crippen LogP contribution in [0.15, 0.2) is 30.0 Å². The van der Waals surface area contributed by atoms with E-state index in [-0.39, 0.29) is 0 Å². The fraction of sp³-hybridized carbons (Fsp3) is 0.385. The quantitative estimate of drug-likeness (QED) is 0.697. The minimum atomic E-state index is -0.429. The lowest BCUT2D eigenvalue weighted by Gasteiger charge is -2.39. The minimum Gasteiger partial charge on any atom is -0.369 e. The third kappa shape index (κ3) is 1.37. The van der Waals surface area contributed by atoms with Crippen molar-refractivity contribution in [1.29, 1.82) is 0 Å². The Morgan fingerprint density at radius 3 is 3.00 bits per heavy atom. The first-order valence-electron chi connectivity index (χ1n) is 5.60. The van der Waals surface area contributed by atoms with E-state index in [0.29, 0.717) is 0 Å². The van der Waals surface area contributed by atoms with Gasteiger partial charge in [-0.15, -0.1) is 0 Å². The third-order valence-electron chi connectivity index (χ3n) is 3.34. The van der Waals surface area contributed by atoms with Gasteiger partial charge in [-0.25, -0.2) is 0 Å². The molecule has 0 bridgehead atoms. The van der Waals surface area contributed by atoms with Crippen molar-refractivity contribution in [2.24, 2.45) is 0 Å². The van der Waals surface area contributed by atoms with E-state index in [2.05, 4.69) is 17.0 Å². The zero-order valence-electron chi connectivity index (χ0n) is 8.69. The molecule has 0 aromatic heterocycles. The van der Waals surface area contributed by atoms with Crippen molar-refractivity contribution < 1.29 is 5.11 Å². The second kappa shape index (κ2) is 3.38. The normalized spacial score (nSPS) is 24.2. The lowest BCUT2D eigenvalue weighted by molar-refractivity contribution is 0.0141. The maximum atomic E-state index is 10.2. The molecular weight excluding hydrogens is 186 g/mol. The molecule has 2 heterocycles. The molecule has 2 aliphatic rings. The van der Waals surface area contributed by atoms with Crippen LogP contribution in [0.5, 0.6) is 0 Å². The van der Waals surface area contributed by atoms with E-state index < -0.39 is 6.23 Å². The summed E-state index contributed by atoms with van der Waals surface area (Å²) in [4.78, 5) is 2.13. The van der Waals surface area contributed by atoms with Gasteiger partial charge in [0.2, 0.25) is 0 Å². The predicted octanol–water partition coefficient (Wildman–Crippen LogP) is 2.52. The molecule has 0 spiro atoms. The van der Waals surface area contributed by atoms with Crippen LogP contribution in [0.3, 0.4) is 0 Å². The lowest BCUT2D eigenvalue weighted by Crippen LogP contribution is -2.34. The van der Waals surface area contributed by atoms with Gasteiger partial charge < -0.3 is 10.0 Å². The molecule has 1 fully saturated rings. The molecule has 2 aliphatic heterocycles. The first-order chi connectivity index (χ1) is 7.36. The summed E-state index contributed by atoms with van der Waals surface area (Å²) in [6.45, 7) is 0.987. The topological polar surface area (TPSA) is 23.5 Å². The van der Waals surface area contributed by atoms with Crippen molar-refractivity contribution >= 4 is 6.08 Å². The number of benzene rings is 1. The Kier molecular flexibility index (Phi) is 2.03. The highest BCUT2D eigenvalue weighted by atomic mass is 16.3. The average Bonchev–Trinajstić information content (AvgIpc) is 2.30. The Balaban J connectivity index is 2.09. The Morgan fingerprint density at radius 2 is 2.07 bits per heavy atom. The predicted molar refractivity (Wildman–Crippen MR) is 59.9 cm³/mol. The van der Waals surface area contributed by atoms with Crippen molar-refractivity contribution in [3.05, 3.63) is 41.1 Å². The molecule has 15 heavy (non-hydrogen) atoms. The maximum Gasteiger partial charge on any atom is 0.153 e. The summed E-state index contributed by atoms with van der Waals surface area (Å²) in [7, 11) is 0. The molecule has 0 saturated carbocycles. The van der Waals surface area contributed by atoms with Gasteiger partial charge in [0, 0.05) is 17.8 Å². The van der Waals surface area contributed by atoms with E-state index in [4.69, 9.17) is 0 Å². The molecule has 1 unspecified atom stereocenters. The molecule has 0 aliphatic carbocycles. The lowest BCUT2D eigenvalue weighted by atomic mass is 9.95. The van der Waals surface area contributed by atoms with Crippen molar-refractivity contribution in [2.75, 3.05) is 6.54 Å². The van der Waals surface area contributed by atoms with E-state index >= 15 is 0 Å². The summed E-state index contributed by atoms with van der Waals surface area (Å²) in [5.41, 5.74) is 3.52. The number of piperidine rings is 1. The highest BCUT2D eigenvalue weighted by Crippen LogP contribution is 2.36. The Hall–Kier alpha value is -1.28. The second-order valence-corrected chi connectivity index (χ2v) is 4.29. The molecule has 1 aromatic rings. The van der Waals surface area contributed by atoms with Gasteiger partial charge in [-0.05, 0) is 30.9 Å². The first kappa shape index (κ1) is 8.98. The van der Waals surface area contributed by atoms with Crippen molar-refractivity contribution in [1.82, 2.24) is 4.90 Å². The molecule has 78 valence electrons. The number of allylic oxidation sites excluding steroid dienone is 1. The number of fused-ring (bicyclic) bond motifs is 2. The molecule has 1 atom stereocenters. The number of aliphatic hydroxyl groups is 1. The fourth-order valence-electron chi connectivity index (χ4n) is 2.53. The molecule has 0 amide bonds. The van der Waals surface area contributed by atoms with Crippen LogP contribution < -0.4 is 0 Å². The number of nitrogens with zero attached hydrogens (tertiary/aromatic N) is 1. The summed E-state index contributed by atoms with van der Waals surface area (Å²) < 4.78 is 0. The SMILES string of the molecule is OC1c2ccccc2C=C2CCCCN21. The van der Waals surface area contributed by atoms with Crippen molar-refractivity contribution in [3.63, 3.8) is 0 Å². The van der Waals surface area contributed by atoms with Gasteiger partial charge in [0.05, 0.1) is 0 Å². The smallest absolute Gasteiger partial charge is 0.153 e. The van der Waals surface area contributed by atoms with Gasteiger partial charge in [-0.1, -0.05) is 24.3 Å². The van der Waals surface area contributed by atoms with Crippen LogP contribution in [0.4, 0.5) is 0 Å². The zero-order chi connectivity index (χ0) is 10.3. The number of rotatable bonds is 0. The van der Waals surface area contributed by atoms with Gasteiger partial charge in [0.15, 0.2) is 6.23 Å². The summed E-state index contributed by atoms with van der Waals surface area (Å²) in [6.07, 6.45) is 5.34. The van der Waals surface area contributed by atoms with Crippen LogP contribution in [0, 0.1) is 0 Å². The third-order valence-corrected chi connectivity index (χ3v) is 3.34. The number of hydrogen-bond donors (Lipinski definition) is 1. The van der Waals surface area contributed by atoms with Gasteiger partial charge >= 0.3 is 0 Å². The molecule has 1 aromatic carbocycles. The summed E-state index contributed by atoms with van der Waals surface area (Å²) >= 11 is 0. The molecule has 1 saturated heterocycles. The van der Waals surface area contributed by atoms with E-state index in [0.717, 1.165) is 18.5 Å². The Bertz CT molecular complexity index is 411.